The molecule has 1 aliphatic carbocycles. The van der Waals surface area contributed by atoms with Crippen LogP contribution in [0.15, 0.2) is 15.8 Å². The molecule has 0 spiro atoms. The molecule has 0 unspecified atom stereocenters. The molecule has 3 N–H and O–H groups in total. The van der Waals surface area contributed by atoms with Gasteiger partial charge in [-0.25, -0.2) is 4.79 Å². The summed E-state index contributed by atoms with van der Waals surface area (Å²) < 4.78 is 0.968. The molecule has 1 aromatic rings. The lowest BCUT2D eigenvalue weighted by atomic mass is 10.1. The Labute approximate surface area is 107 Å². The molecule has 0 aromatic carbocycles. The van der Waals surface area contributed by atoms with Crippen LogP contribution in [0.25, 0.3) is 0 Å². The summed E-state index contributed by atoms with van der Waals surface area (Å²) in [6, 6.07) is -0.166. The number of rotatable bonds is 2. The summed E-state index contributed by atoms with van der Waals surface area (Å²) in [5, 5.41) is 19.4. The molecular formula is C11H14N2O4S. The normalized spacial score (nSPS) is 37.6. The largest absolute Gasteiger partial charge is 0.395 e. The summed E-state index contributed by atoms with van der Waals surface area (Å²) in [4.78, 5) is 25.4. The van der Waals surface area contributed by atoms with E-state index < -0.39 is 16.5 Å². The van der Waals surface area contributed by atoms with Crippen LogP contribution in [0, 0.1) is 6.92 Å². The van der Waals surface area contributed by atoms with Crippen LogP contribution >= 0.6 is 11.8 Å². The van der Waals surface area contributed by atoms with Gasteiger partial charge in [-0.2, -0.15) is 0 Å². The molecule has 2 aliphatic rings. The molecule has 7 heteroatoms. The Morgan fingerprint density at radius 2 is 2.33 bits per heavy atom. The van der Waals surface area contributed by atoms with E-state index in [4.69, 9.17) is 0 Å². The minimum absolute atomic E-state index is 0.0421. The Morgan fingerprint density at radius 1 is 1.61 bits per heavy atom. The van der Waals surface area contributed by atoms with Crippen LogP contribution in [0.4, 0.5) is 0 Å². The number of aromatic amines is 1. The van der Waals surface area contributed by atoms with Crippen LogP contribution in [0.2, 0.25) is 0 Å². The zero-order chi connectivity index (χ0) is 13.1. The van der Waals surface area contributed by atoms with Crippen molar-refractivity contribution in [3.63, 3.8) is 0 Å². The second-order valence-corrected chi connectivity index (χ2v) is 6.45. The quantitative estimate of drug-likeness (QED) is 0.599. The number of aromatic nitrogens is 2. The van der Waals surface area contributed by atoms with Gasteiger partial charge in [-0.3, -0.25) is 14.3 Å². The fraction of sp³-hybridized carbons (Fsp3) is 0.636. The van der Waals surface area contributed by atoms with E-state index in [0.717, 1.165) is 0 Å². The first-order chi connectivity index (χ1) is 8.49. The molecule has 2 heterocycles. The Balaban J connectivity index is 2.02. The highest BCUT2D eigenvalue weighted by molar-refractivity contribution is 8.09. The predicted molar refractivity (Wildman–Crippen MR) is 66.9 cm³/mol. The van der Waals surface area contributed by atoms with Gasteiger partial charge in [0.1, 0.15) is 0 Å². The smallest absolute Gasteiger partial charge is 0.328 e. The van der Waals surface area contributed by atoms with Crippen LogP contribution in [-0.2, 0) is 0 Å². The first kappa shape index (κ1) is 12.0. The lowest BCUT2D eigenvalue weighted by Crippen LogP contribution is -2.34. The average Bonchev–Trinajstić information content (AvgIpc) is 3.01. The van der Waals surface area contributed by atoms with Gasteiger partial charge in [0.05, 0.1) is 23.5 Å². The highest BCUT2D eigenvalue weighted by atomic mass is 32.2. The highest BCUT2D eigenvalue weighted by Crippen LogP contribution is 2.66. The Morgan fingerprint density at radius 3 is 2.89 bits per heavy atom. The van der Waals surface area contributed by atoms with Crippen molar-refractivity contribution in [2.75, 3.05) is 6.61 Å². The van der Waals surface area contributed by atoms with E-state index in [2.05, 4.69) is 4.98 Å². The van der Waals surface area contributed by atoms with Crippen molar-refractivity contribution in [3.05, 3.63) is 32.6 Å². The van der Waals surface area contributed by atoms with Crippen LogP contribution in [-0.4, -0.2) is 42.5 Å². The first-order valence-electron chi connectivity index (χ1n) is 5.78. The molecule has 98 valence electrons. The lowest BCUT2D eigenvalue weighted by molar-refractivity contribution is 0.121. The van der Waals surface area contributed by atoms with E-state index in [1.165, 1.54) is 22.5 Å². The number of aryl methyl sites for hydroxylation is 1. The topological polar surface area (TPSA) is 95.3 Å². The minimum Gasteiger partial charge on any atom is -0.395 e. The molecule has 3 rings (SSSR count). The molecule has 1 aromatic heterocycles. The van der Waals surface area contributed by atoms with Crippen molar-refractivity contribution in [2.24, 2.45) is 0 Å². The van der Waals surface area contributed by atoms with Gasteiger partial charge < -0.3 is 10.2 Å². The molecular weight excluding hydrogens is 256 g/mol. The number of aliphatic hydroxyl groups excluding tert-OH is 2. The highest BCUT2D eigenvalue weighted by Gasteiger charge is 2.68. The number of nitrogens with one attached hydrogen (secondary N) is 1. The number of fused-ring (bicyclic) bond motifs is 1. The van der Waals surface area contributed by atoms with E-state index in [1.807, 2.05) is 0 Å². The number of H-pyrrole nitrogens is 1. The lowest BCUT2D eigenvalue weighted by Gasteiger charge is -2.16. The van der Waals surface area contributed by atoms with Crippen LogP contribution in [0.1, 0.15) is 18.0 Å². The Kier molecular flexibility index (Phi) is 2.48. The second kappa shape index (κ2) is 3.72. The first-order valence-corrected chi connectivity index (χ1v) is 6.66. The number of hydrogen-bond donors (Lipinski definition) is 3. The molecule has 4 atom stereocenters. The van der Waals surface area contributed by atoms with E-state index in [0.29, 0.717) is 12.0 Å². The van der Waals surface area contributed by atoms with E-state index >= 15 is 0 Å². The standard InChI is InChI=1S/C11H14N2O4S/c1-5-3-13(10(17)12-9(5)16)6-2-7(15)11(4-14)8(6)18-11/h3,6-8,14-15H,2,4H2,1H3,(H,12,16,17)/t6-,7-,8+,11-/m0/s1. The van der Waals surface area contributed by atoms with Gasteiger partial charge in [0, 0.05) is 17.0 Å². The fourth-order valence-corrected chi connectivity index (χ4v) is 4.27. The molecule has 0 amide bonds. The summed E-state index contributed by atoms with van der Waals surface area (Å²) in [6.07, 6.45) is 1.36. The zero-order valence-corrected chi connectivity index (χ0v) is 10.6. The number of thioether (sulfide) groups is 1. The molecule has 0 radical (unpaired) electrons. The van der Waals surface area contributed by atoms with E-state index in [9.17, 15) is 19.8 Å². The van der Waals surface area contributed by atoms with Crippen molar-refractivity contribution < 1.29 is 10.2 Å². The van der Waals surface area contributed by atoms with Crippen LogP contribution in [0.3, 0.4) is 0 Å². The third kappa shape index (κ3) is 1.44. The van der Waals surface area contributed by atoms with Gasteiger partial charge in [0.15, 0.2) is 0 Å². The molecule has 2 fully saturated rings. The molecule has 18 heavy (non-hydrogen) atoms. The third-order valence-corrected chi connectivity index (χ3v) is 5.73. The summed E-state index contributed by atoms with van der Waals surface area (Å²) in [5.74, 6) is 0. The minimum atomic E-state index is -0.610. The second-order valence-electron chi connectivity index (χ2n) is 4.95. The number of nitrogens with zero attached hydrogens (tertiary/aromatic N) is 1. The molecule has 0 bridgehead atoms. The van der Waals surface area contributed by atoms with Gasteiger partial charge in [0.25, 0.3) is 5.56 Å². The molecule has 6 nitrogen and oxygen atoms in total. The van der Waals surface area contributed by atoms with Crippen LogP contribution in [0.5, 0.6) is 0 Å². The van der Waals surface area contributed by atoms with Gasteiger partial charge in [-0.15, -0.1) is 11.8 Å². The molecule has 1 saturated heterocycles. The monoisotopic (exact) mass is 270 g/mol. The molecule has 1 saturated carbocycles. The van der Waals surface area contributed by atoms with E-state index in [1.54, 1.807) is 6.92 Å². The molecule has 1 aliphatic heterocycles. The average molecular weight is 270 g/mol. The van der Waals surface area contributed by atoms with Gasteiger partial charge >= 0.3 is 5.69 Å². The van der Waals surface area contributed by atoms with Crippen molar-refractivity contribution in [2.45, 2.75) is 35.5 Å². The summed E-state index contributed by atoms with van der Waals surface area (Å²) in [7, 11) is 0. The van der Waals surface area contributed by atoms with Gasteiger partial charge in [0.2, 0.25) is 0 Å². The summed E-state index contributed by atoms with van der Waals surface area (Å²) in [5.41, 5.74) is -0.369. The third-order valence-electron chi connectivity index (χ3n) is 3.90. The number of hydrogen-bond acceptors (Lipinski definition) is 5. The Hall–Kier alpha value is -1.05. The van der Waals surface area contributed by atoms with Crippen molar-refractivity contribution in [1.29, 1.82) is 0 Å². The summed E-state index contributed by atoms with van der Waals surface area (Å²) in [6.45, 7) is 1.55. The van der Waals surface area contributed by atoms with Gasteiger partial charge in [-0.05, 0) is 13.3 Å². The van der Waals surface area contributed by atoms with Crippen molar-refractivity contribution in [1.82, 2.24) is 9.55 Å². The van der Waals surface area contributed by atoms with Crippen molar-refractivity contribution >= 4 is 11.8 Å². The Bertz CT molecular complexity index is 610. The summed E-state index contributed by atoms with van der Waals surface area (Å²) >= 11 is 1.50. The number of aliphatic hydroxyl groups is 2. The fourth-order valence-electron chi connectivity index (χ4n) is 2.75. The maximum Gasteiger partial charge on any atom is 0.328 e. The SMILES string of the molecule is Cc1cn([C@H]2C[C@H](O)[C@]3(CO)S[C@H]23)c(=O)[nH]c1=O. The zero-order valence-electron chi connectivity index (χ0n) is 9.79. The van der Waals surface area contributed by atoms with Crippen molar-refractivity contribution in [3.8, 4) is 0 Å². The van der Waals surface area contributed by atoms with Gasteiger partial charge in [-0.1, -0.05) is 0 Å². The maximum absolute atomic E-state index is 11.8. The predicted octanol–water partition coefficient (Wildman–Crippen LogP) is -1.00. The van der Waals surface area contributed by atoms with E-state index in [-0.39, 0.29) is 23.5 Å². The maximum atomic E-state index is 11.8. The van der Waals surface area contributed by atoms with Crippen LogP contribution < -0.4 is 11.2 Å².